The van der Waals surface area contributed by atoms with Gasteiger partial charge in [-0.3, -0.25) is 4.79 Å². The molecule has 0 bridgehead atoms. The number of aromatic nitrogens is 1. The topological polar surface area (TPSA) is 81.6 Å². The Morgan fingerprint density at radius 3 is 2.64 bits per heavy atom. The summed E-state index contributed by atoms with van der Waals surface area (Å²) in [6, 6.07) is 12.6. The normalized spacial score (nSPS) is 13.2. The number of nitrogens with zero attached hydrogens (tertiary/aromatic N) is 3. The Hall–Kier alpha value is -2.88. The molecule has 0 fully saturated rings. The summed E-state index contributed by atoms with van der Waals surface area (Å²) in [5.74, 6) is -0.484. The quantitative estimate of drug-likeness (QED) is 0.227. The minimum atomic E-state index is -0.484. The molecule has 1 aromatic carbocycles. The fourth-order valence-corrected chi connectivity index (χ4v) is 6.03. The van der Waals surface area contributed by atoms with Crippen LogP contribution in [0.1, 0.15) is 51.4 Å². The number of nitrogens with one attached hydrogen (secondary N) is 1. The second-order valence-electron chi connectivity index (χ2n) is 8.25. The highest BCUT2D eigenvalue weighted by atomic mass is 127. The van der Waals surface area contributed by atoms with E-state index in [-0.39, 0.29) is 5.57 Å². The molecule has 2 heterocycles. The van der Waals surface area contributed by atoms with Gasteiger partial charge in [0.15, 0.2) is 0 Å². The van der Waals surface area contributed by atoms with Gasteiger partial charge in [0, 0.05) is 25.5 Å². The number of anilines is 1. The van der Waals surface area contributed by atoms with Crippen LogP contribution in [0.25, 0.3) is 11.8 Å². The Morgan fingerprint density at radius 1 is 1.18 bits per heavy atom. The van der Waals surface area contributed by atoms with E-state index in [1.165, 1.54) is 25.3 Å². The molecule has 0 atom stereocenters. The molecule has 0 spiro atoms. The summed E-state index contributed by atoms with van der Waals surface area (Å²) in [6.07, 6.45) is 5.60. The molecular weight excluding hydrogens is 543 g/mol. The molecular formula is C26H23IN4OS. The molecule has 1 N–H and O–H groups in total. The van der Waals surface area contributed by atoms with E-state index < -0.39 is 5.91 Å². The molecule has 5 nitrogen and oxygen atoms in total. The average molecular weight is 566 g/mol. The van der Waals surface area contributed by atoms with Crippen LogP contribution in [-0.4, -0.2) is 10.5 Å². The summed E-state index contributed by atoms with van der Waals surface area (Å²) in [5.41, 5.74) is 6.69. The van der Waals surface area contributed by atoms with E-state index in [0.29, 0.717) is 10.6 Å². The lowest BCUT2D eigenvalue weighted by Crippen LogP contribution is -2.13. The largest absolute Gasteiger partial charge is 0.318 e. The average Bonchev–Trinajstić information content (AvgIpc) is 3.29. The fourth-order valence-electron chi connectivity index (χ4n) is 4.30. The molecule has 7 heteroatoms. The second-order valence-corrected chi connectivity index (χ2v) is 10.5. The number of amides is 1. The number of thiophene rings is 1. The van der Waals surface area contributed by atoms with Crippen LogP contribution in [0.15, 0.2) is 29.8 Å². The first-order valence-corrected chi connectivity index (χ1v) is 12.7. The van der Waals surface area contributed by atoms with E-state index in [1.807, 2.05) is 26.0 Å². The van der Waals surface area contributed by atoms with Gasteiger partial charge in [0.1, 0.15) is 22.7 Å². The molecule has 1 aliphatic carbocycles. The number of carbonyl (C=O) groups is 1. The maximum absolute atomic E-state index is 13.0. The first-order chi connectivity index (χ1) is 15.8. The van der Waals surface area contributed by atoms with Gasteiger partial charge >= 0.3 is 0 Å². The molecule has 0 saturated carbocycles. The van der Waals surface area contributed by atoms with E-state index in [4.69, 9.17) is 0 Å². The Kier molecular flexibility index (Phi) is 6.73. The summed E-state index contributed by atoms with van der Waals surface area (Å²) in [6.45, 7) is 6.08. The van der Waals surface area contributed by atoms with Gasteiger partial charge in [-0.2, -0.15) is 10.5 Å². The smallest absolute Gasteiger partial charge is 0.266 e. The van der Waals surface area contributed by atoms with Crippen molar-refractivity contribution in [3.8, 4) is 17.8 Å². The summed E-state index contributed by atoms with van der Waals surface area (Å²) in [4.78, 5) is 14.1. The molecule has 4 rings (SSSR count). The van der Waals surface area contributed by atoms with E-state index in [0.717, 1.165) is 53.9 Å². The standard InChI is InChI=1S/C26H23IN4OS/c1-15-8-9-20(12-23(15)27)31-16(2)10-18(17(31)3)11-19(13-28)25(32)30-26-22(14-29)21-6-4-5-7-24(21)33-26/h8-12H,4-7H2,1-3H3,(H,30,32). The van der Waals surface area contributed by atoms with Gasteiger partial charge in [-0.25, -0.2) is 0 Å². The summed E-state index contributed by atoms with van der Waals surface area (Å²) < 4.78 is 3.31. The van der Waals surface area contributed by atoms with Crippen LogP contribution in [0, 0.1) is 47.0 Å². The van der Waals surface area contributed by atoms with Crippen molar-refractivity contribution < 1.29 is 4.79 Å². The van der Waals surface area contributed by atoms with Gasteiger partial charge in [-0.15, -0.1) is 11.3 Å². The monoisotopic (exact) mass is 566 g/mol. The highest BCUT2D eigenvalue weighted by Crippen LogP contribution is 2.38. The van der Waals surface area contributed by atoms with Crippen molar-refractivity contribution in [3.05, 3.63) is 71.9 Å². The molecule has 3 aromatic rings. The molecule has 1 aliphatic rings. The number of hydrogen-bond donors (Lipinski definition) is 1. The van der Waals surface area contributed by atoms with E-state index in [9.17, 15) is 15.3 Å². The lowest BCUT2D eigenvalue weighted by atomic mass is 9.96. The third kappa shape index (κ3) is 4.48. The molecule has 33 heavy (non-hydrogen) atoms. The van der Waals surface area contributed by atoms with Crippen LogP contribution in [0.3, 0.4) is 0 Å². The number of aryl methyl sites for hydroxylation is 3. The van der Waals surface area contributed by atoms with E-state index >= 15 is 0 Å². The Labute approximate surface area is 211 Å². The number of benzene rings is 1. The van der Waals surface area contributed by atoms with Crippen molar-refractivity contribution >= 4 is 50.9 Å². The highest BCUT2D eigenvalue weighted by molar-refractivity contribution is 14.1. The zero-order chi connectivity index (χ0) is 23.7. The Morgan fingerprint density at radius 2 is 1.94 bits per heavy atom. The zero-order valence-corrected chi connectivity index (χ0v) is 21.7. The van der Waals surface area contributed by atoms with Crippen LogP contribution in [0.2, 0.25) is 0 Å². The minimum Gasteiger partial charge on any atom is -0.318 e. The minimum absolute atomic E-state index is 0.0176. The van der Waals surface area contributed by atoms with E-state index in [2.05, 4.69) is 63.7 Å². The van der Waals surface area contributed by atoms with Crippen molar-refractivity contribution in [3.63, 3.8) is 0 Å². The molecule has 1 amide bonds. The molecule has 0 unspecified atom stereocenters. The first kappa shape index (κ1) is 23.3. The SMILES string of the molecule is Cc1ccc(-n2c(C)cc(C=C(C#N)C(=O)Nc3sc4c(c3C#N)CCCC4)c2C)cc1I. The van der Waals surface area contributed by atoms with Crippen molar-refractivity contribution in [1.29, 1.82) is 10.5 Å². The third-order valence-electron chi connectivity index (χ3n) is 6.06. The molecule has 2 aromatic heterocycles. The summed E-state index contributed by atoms with van der Waals surface area (Å²) >= 11 is 3.79. The molecule has 0 radical (unpaired) electrons. The fraction of sp³-hybridized carbons (Fsp3) is 0.269. The maximum atomic E-state index is 13.0. The predicted molar refractivity (Wildman–Crippen MR) is 141 cm³/mol. The molecule has 0 aliphatic heterocycles. The lowest BCUT2D eigenvalue weighted by molar-refractivity contribution is -0.112. The molecule has 166 valence electrons. The van der Waals surface area contributed by atoms with Crippen molar-refractivity contribution in [2.75, 3.05) is 5.32 Å². The second kappa shape index (κ2) is 9.54. The third-order valence-corrected chi connectivity index (χ3v) is 8.43. The number of halogens is 1. The first-order valence-electron chi connectivity index (χ1n) is 10.8. The van der Waals surface area contributed by atoms with Gasteiger partial charge in [0.2, 0.25) is 0 Å². The van der Waals surface area contributed by atoms with Crippen molar-refractivity contribution in [2.24, 2.45) is 0 Å². The van der Waals surface area contributed by atoms with Crippen LogP contribution >= 0.6 is 33.9 Å². The Bertz CT molecular complexity index is 1380. The summed E-state index contributed by atoms with van der Waals surface area (Å²) in [7, 11) is 0. The number of rotatable bonds is 4. The molecule has 0 saturated heterocycles. The van der Waals surface area contributed by atoms with Crippen LogP contribution in [0.5, 0.6) is 0 Å². The summed E-state index contributed by atoms with van der Waals surface area (Å²) in [5, 5.41) is 22.8. The van der Waals surface area contributed by atoms with Crippen molar-refractivity contribution in [2.45, 2.75) is 46.5 Å². The lowest BCUT2D eigenvalue weighted by Gasteiger charge is -2.11. The highest BCUT2D eigenvalue weighted by Gasteiger charge is 2.23. The number of nitriles is 2. The van der Waals surface area contributed by atoms with Gasteiger partial charge in [-0.1, -0.05) is 6.07 Å². The number of carbonyl (C=O) groups excluding carboxylic acids is 1. The van der Waals surface area contributed by atoms with Gasteiger partial charge in [0.05, 0.1) is 5.56 Å². The van der Waals surface area contributed by atoms with Crippen LogP contribution in [-0.2, 0) is 17.6 Å². The van der Waals surface area contributed by atoms with Gasteiger partial charge in [0.25, 0.3) is 5.91 Å². The van der Waals surface area contributed by atoms with Gasteiger partial charge < -0.3 is 9.88 Å². The van der Waals surface area contributed by atoms with Gasteiger partial charge in [-0.05, 0) is 110 Å². The maximum Gasteiger partial charge on any atom is 0.266 e. The van der Waals surface area contributed by atoms with Crippen LogP contribution < -0.4 is 5.32 Å². The predicted octanol–water partition coefficient (Wildman–Crippen LogP) is 6.36. The number of hydrogen-bond acceptors (Lipinski definition) is 4. The van der Waals surface area contributed by atoms with E-state index in [1.54, 1.807) is 6.08 Å². The van der Waals surface area contributed by atoms with Crippen LogP contribution in [0.4, 0.5) is 5.00 Å². The van der Waals surface area contributed by atoms with Crippen molar-refractivity contribution in [1.82, 2.24) is 4.57 Å². The number of fused-ring (bicyclic) bond motifs is 1. The zero-order valence-electron chi connectivity index (χ0n) is 18.8. The Balaban J connectivity index is 1.66.